The second-order valence-corrected chi connectivity index (χ2v) is 7.57. The number of nitrogens with two attached hydrogens (primary N) is 1. The Morgan fingerprint density at radius 2 is 2.12 bits per heavy atom. The van der Waals surface area contributed by atoms with Gasteiger partial charge in [-0.3, -0.25) is 9.78 Å². The molecule has 2 aromatic heterocycles. The highest BCUT2D eigenvalue weighted by molar-refractivity contribution is 9.10. The highest BCUT2D eigenvalue weighted by Gasteiger charge is 2.12. The van der Waals surface area contributed by atoms with E-state index in [0.29, 0.717) is 22.1 Å². The molecule has 2 heterocycles. The minimum absolute atomic E-state index is 0.00502. The van der Waals surface area contributed by atoms with Crippen molar-refractivity contribution in [1.82, 2.24) is 9.97 Å². The highest BCUT2D eigenvalue weighted by Crippen LogP contribution is 2.33. The van der Waals surface area contributed by atoms with E-state index in [-0.39, 0.29) is 6.10 Å². The number of amides is 1. The van der Waals surface area contributed by atoms with Crippen LogP contribution in [0.2, 0.25) is 0 Å². The van der Waals surface area contributed by atoms with Gasteiger partial charge < -0.3 is 15.8 Å². The Hall–Kier alpha value is -2.45. The van der Waals surface area contributed by atoms with Crippen molar-refractivity contribution in [3.63, 3.8) is 0 Å². The molecule has 0 fully saturated rings. The van der Waals surface area contributed by atoms with Crippen LogP contribution in [0.25, 0.3) is 11.3 Å². The van der Waals surface area contributed by atoms with E-state index < -0.39 is 5.91 Å². The van der Waals surface area contributed by atoms with Crippen molar-refractivity contribution in [2.24, 2.45) is 5.73 Å². The molecule has 0 aliphatic heterocycles. The molecule has 134 valence electrons. The van der Waals surface area contributed by atoms with Crippen LogP contribution < -0.4 is 15.8 Å². The molecule has 3 aromatic rings. The van der Waals surface area contributed by atoms with Crippen LogP contribution in [0.5, 0.6) is 5.75 Å². The first-order valence-electron chi connectivity index (χ1n) is 7.86. The molecule has 3 N–H and O–H groups in total. The molecule has 26 heavy (non-hydrogen) atoms. The van der Waals surface area contributed by atoms with Gasteiger partial charge in [0.2, 0.25) is 5.91 Å². The molecule has 0 radical (unpaired) electrons. The molecule has 0 atom stereocenters. The largest absolute Gasteiger partial charge is 0.489 e. The number of thiazole rings is 1. The normalized spacial score (nSPS) is 10.8. The van der Waals surface area contributed by atoms with Crippen molar-refractivity contribution >= 4 is 44.0 Å². The summed E-state index contributed by atoms with van der Waals surface area (Å²) in [5.74, 6) is 0.134. The summed E-state index contributed by atoms with van der Waals surface area (Å²) in [4.78, 5) is 20.2. The van der Waals surface area contributed by atoms with E-state index in [0.717, 1.165) is 15.7 Å². The van der Waals surface area contributed by atoms with Crippen LogP contribution >= 0.6 is 27.3 Å². The summed E-state index contributed by atoms with van der Waals surface area (Å²) >= 11 is 4.86. The van der Waals surface area contributed by atoms with Gasteiger partial charge in [0.05, 0.1) is 17.5 Å². The molecule has 8 heteroatoms. The monoisotopic (exact) mass is 432 g/mol. The molecular formula is C18H17BrN4O2S. The van der Waals surface area contributed by atoms with Crippen LogP contribution in [0.3, 0.4) is 0 Å². The summed E-state index contributed by atoms with van der Waals surface area (Å²) in [5, 5.41) is 5.83. The van der Waals surface area contributed by atoms with Crippen LogP contribution in [0.1, 0.15) is 24.2 Å². The zero-order valence-electron chi connectivity index (χ0n) is 14.2. The van der Waals surface area contributed by atoms with E-state index in [2.05, 4.69) is 31.2 Å². The Balaban J connectivity index is 1.90. The van der Waals surface area contributed by atoms with Gasteiger partial charge in [-0.1, -0.05) is 0 Å². The summed E-state index contributed by atoms with van der Waals surface area (Å²) in [6.45, 7) is 3.88. The fourth-order valence-electron chi connectivity index (χ4n) is 2.27. The number of ether oxygens (including phenoxy) is 1. The number of benzene rings is 1. The van der Waals surface area contributed by atoms with Crippen molar-refractivity contribution < 1.29 is 9.53 Å². The third-order valence-electron chi connectivity index (χ3n) is 3.37. The molecule has 0 aliphatic carbocycles. The predicted molar refractivity (Wildman–Crippen MR) is 107 cm³/mol. The maximum atomic E-state index is 11.5. The van der Waals surface area contributed by atoms with Crippen molar-refractivity contribution in [2.45, 2.75) is 20.0 Å². The smallest absolute Gasteiger partial charge is 0.248 e. The summed E-state index contributed by atoms with van der Waals surface area (Å²) in [7, 11) is 0. The maximum Gasteiger partial charge on any atom is 0.248 e. The first kappa shape index (κ1) is 18.3. The standard InChI is InChI=1S/C18H17BrN4O2S/c1-10(2)25-16-4-3-11(17(20)24)6-14(16)22-18-23-15(9-26-18)12-5-13(19)8-21-7-12/h3-10H,1-2H3,(H2,20,24)(H,22,23). The van der Waals surface area contributed by atoms with Crippen LogP contribution in [0.15, 0.2) is 46.5 Å². The topological polar surface area (TPSA) is 90.1 Å². The average Bonchev–Trinajstić information content (AvgIpc) is 3.04. The van der Waals surface area contributed by atoms with Gasteiger partial charge in [0.1, 0.15) is 5.75 Å². The van der Waals surface area contributed by atoms with Gasteiger partial charge >= 0.3 is 0 Å². The third kappa shape index (κ3) is 4.39. The maximum absolute atomic E-state index is 11.5. The lowest BCUT2D eigenvalue weighted by atomic mass is 10.1. The van der Waals surface area contributed by atoms with Gasteiger partial charge in [0.15, 0.2) is 5.13 Å². The summed E-state index contributed by atoms with van der Waals surface area (Å²) in [5.41, 5.74) is 8.15. The Labute approximate surface area is 163 Å². The van der Waals surface area contributed by atoms with Gasteiger partial charge in [-0.15, -0.1) is 11.3 Å². The SMILES string of the molecule is CC(C)Oc1ccc(C(N)=O)cc1Nc1nc(-c2cncc(Br)c2)cs1. The number of carbonyl (C=O) groups is 1. The van der Waals surface area contributed by atoms with E-state index in [9.17, 15) is 4.79 Å². The van der Waals surface area contributed by atoms with Crippen LogP contribution in [0.4, 0.5) is 10.8 Å². The van der Waals surface area contributed by atoms with Crippen molar-refractivity contribution in [3.05, 3.63) is 52.1 Å². The first-order valence-corrected chi connectivity index (χ1v) is 9.53. The molecule has 0 bridgehead atoms. The number of nitrogens with one attached hydrogen (secondary N) is 1. The number of carbonyl (C=O) groups excluding carboxylic acids is 1. The molecule has 0 saturated heterocycles. The van der Waals surface area contributed by atoms with Crippen LogP contribution in [0, 0.1) is 0 Å². The number of anilines is 2. The Morgan fingerprint density at radius 3 is 2.81 bits per heavy atom. The second-order valence-electron chi connectivity index (χ2n) is 5.80. The summed E-state index contributed by atoms with van der Waals surface area (Å²) < 4.78 is 6.69. The van der Waals surface area contributed by atoms with Crippen molar-refractivity contribution in [3.8, 4) is 17.0 Å². The zero-order valence-corrected chi connectivity index (χ0v) is 16.6. The van der Waals surface area contributed by atoms with E-state index in [1.54, 1.807) is 30.6 Å². The van der Waals surface area contributed by atoms with Crippen molar-refractivity contribution in [1.29, 1.82) is 0 Å². The van der Waals surface area contributed by atoms with Gasteiger partial charge in [-0.2, -0.15) is 0 Å². The van der Waals surface area contributed by atoms with Crippen molar-refractivity contribution in [2.75, 3.05) is 5.32 Å². The molecule has 0 aliphatic rings. The molecule has 3 rings (SSSR count). The minimum Gasteiger partial charge on any atom is -0.489 e. The molecule has 0 spiro atoms. The number of pyridine rings is 1. The number of hydrogen-bond donors (Lipinski definition) is 2. The lowest BCUT2D eigenvalue weighted by molar-refractivity contribution is 0.100. The van der Waals surface area contributed by atoms with E-state index in [4.69, 9.17) is 10.5 Å². The van der Waals surface area contributed by atoms with E-state index in [1.165, 1.54) is 11.3 Å². The quantitative estimate of drug-likeness (QED) is 0.593. The Bertz CT molecular complexity index is 942. The van der Waals surface area contributed by atoms with Crippen LogP contribution in [-0.2, 0) is 0 Å². The molecule has 0 saturated carbocycles. The Kier molecular flexibility index (Phi) is 5.53. The van der Waals surface area contributed by atoms with E-state index in [1.807, 2.05) is 25.3 Å². The van der Waals surface area contributed by atoms with E-state index >= 15 is 0 Å². The molecular weight excluding hydrogens is 416 g/mol. The van der Waals surface area contributed by atoms with Crippen LogP contribution in [-0.4, -0.2) is 22.0 Å². The molecule has 1 amide bonds. The fourth-order valence-corrected chi connectivity index (χ4v) is 3.37. The number of rotatable bonds is 6. The minimum atomic E-state index is -0.496. The number of halogens is 1. The molecule has 6 nitrogen and oxygen atoms in total. The van der Waals surface area contributed by atoms with Gasteiger partial charge in [-0.25, -0.2) is 4.98 Å². The summed E-state index contributed by atoms with van der Waals surface area (Å²) in [6.07, 6.45) is 3.47. The zero-order chi connectivity index (χ0) is 18.7. The second kappa shape index (κ2) is 7.84. The number of aromatic nitrogens is 2. The Morgan fingerprint density at radius 1 is 1.31 bits per heavy atom. The lowest BCUT2D eigenvalue weighted by Crippen LogP contribution is -2.12. The third-order valence-corrected chi connectivity index (χ3v) is 4.56. The predicted octanol–water partition coefficient (Wildman–Crippen LogP) is 4.60. The first-order chi connectivity index (χ1) is 12.4. The van der Waals surface area contributed by atoms with Gasteiger partial charge in [-0.05, 0) is 54.0 Å². The number of hydrogen-bond acceptors (Lipinski definition) is 6. The highest BCUT2D eigenvalue weighted by atomic mass is 79.9. The fraction of sp³-hybridized carbons (Fsp3) is 0.167. The van der Waals surface area contributed by atoms with Gasteiger partial charge in [0.25, 0.3) is 0 Å². The lowest BCUT2D eigenvalue weighted by Gasteiger charge is -2.15. The molecule has 0 unspecified atom stereocenters. The summed E-state index contributed by atoms with van der Waals surface area (Å²) in [6, 6.07) is 7.00. The average molecular weight is 433 g/mol. The molecule has 1 aromatic carbocycles. The van der Waals surface area contributed by atoms with Gasteiger partial charge in [0, 0.05) is 33.4 Å². The number of primary amides is 1. The number of nitrogens with zero attached hydrogens (tertiary/aromatic N) is 2.